The second-order valence-electron chi connectivity index (χ2n) is 11.0. The van der Waals surface area contributed by atoms with E-state index >= 15 is 0 Å². The fourth-order valence-electron chi connectivity index (χ4n) is 4.31. The highest BCUT2D eigenvalue weighted by Crippen LogP contribution is 2.22. The van der Waals surface area contributed by atoms with E-state index in [4.69, 9.17) is 30.3 Å². The van der Waals surface area contributed by atoms with Crippen molar-refractivity contribution in [2.75, 3.05) is 19.8 Å². The van der Waals surface area contributed by atoms with Gasteiger partial charge in [-0.3, -0.25) is 9.97 Å². The third-order valence-electron chi connectivity index (χ3n) is 7.01. The summed E-state index contributed by atoms with van der Waals surface area (Å²) in [6.07, 6.45) is 10.3. The molecule has 2 unspecified atom stereocenters. The van der Waals surface area contributed by atoms with Crippen molar-refractivity contribution in [3.05, 3.63) is 119 Å². The van der Waals surface area contributed by atoms with Crippen LogP contribution in [0.2, 0.25) is 0 Å². The summed E-state index contributed by atoms with van der Waals surface area (Å²) in [6, 6.07) is 18.1. The maximum absolute atomic E-state index is 13.0. The Morgan fingerprint density at radius 2 is 1.18 bits per heavy atom. The molecule has 55 heavy (non-hydrogen) atoms. The Morgan fingerprint density at radius 1 is 0.709 bits per heavy atom. The zero-order valence-electron chi connectivity index (χ0n) is 28.9. The van der Waals surface area contributed by atoms with Gasteiger partial charge in [-0.05, 0) is 91.2 Å². The Kier molecular flexibility index (Phi) is 15.1. The van der Waals surface area contributed by atoms with Crippen molar-refractivity contribution in [3.63, 3.8) is 0 Å². The number of halogens is 2. The minimum absolute atomic E-state index is 0.00858. The smallest absolute Gasteiger partial charge is 0.308 e. The molecule has 6 aromatic rings. The van der Waals surface area contributed by atoms with Gasteiger partial charge in [0.25, 0.3) is 0 Å². The van der Waals surface area contributed by atoms with Gasteiger partial charge in [0.15, 0.2) is 0 Å². The molecular weight excluding hydrogens is 757 g/mol. The van der Waals surface area contributed by atoms with Gasteiger partial charge in [-0.1, -0.05) is 15.3 Å². The Hall–Kier alpha value is -6.35. The maximum Gasteiger partial charge on any atom is 0.308 e. The van der Waals surface area contributed by atoms with Crippen LogP contribution in [0.15, 0.2) is 110 Å². The van der Waals surface area contributed by atoms with E-state index in [9.17, 15) is 17.2 Å². The molecule has 0 bridgehead atoms. The molecule has 6 rings (SSSR count). The monoisotopic (exact) mass is 787 g/mol. The lowest BCUT2D eigenvalue weighted by Crippen LogP contribution is -2.02. The average Bonchev–Trinajstić information content (AvgIpc) is 3.91. The van der Waals surface area contributed by atoms with Crippen molar-refractivity contribution >= 4 is 21.6 Å². The predicted molar refractivity (Wildman–Crippen MR) is 196 cm³/mol. The molecule has 4 heterocycles. The van der Waals surface area contributed by atoms with E-state index in [1.807, 2.05) is 0 Å². The van der Waals surface area contributed by atoms with Crippen LogP contribution in [0.3, 0.4) is 0 Å². The molecule has 2 atom stereocenters. The van der Waals surface area contributed by atoms with Gasteiger partial charge in [0.2, 0.25) is 11.8 Å². The van der Waals surface area contributed by atoms with E-state index in [1.165, 1.54) is 54.7 Å². The lowest BCUT2D eigenvalue weighted by molar-refractivity contribution is 0.311. The van der Waals surface area contributed by atoms with E-state index < -0.39 is 21.6 Å². The number of ether oxygens (including phenoxy) is 2. The molecule has 2 aromatic carbocycles. The lowest BCUT2D eigenvalue weighted by Gasteiger charge is -2.05. The Bertz CT molecular complexity index is 2260. The number of rotatable bonds is 17. The summed E-state index contributed by atoms with van der Waals surface area (Å²) in [5.41, 5.74) is 10.5. The first kappa shape index (κ1) is 39.8. The highest BCUT2D eigenvalue weighted by atomic mass is 32.2. The lowest BCUT2D eigenvalue weighted by atomic mass is 10.2. The third-order valence-corrected chi connectivity index (χ3v) is 9.23. The van der Waals surface area contributed by atoms with Crippen molar-refractivity contribution in [1.29, 1.82) is 0 Å². The van der Waals surface area contributed by atoms with Crippen LogP contribution in [0.1, 0.15) is 30.7 Å². The number of pyridine rings is 2. The van der Waals surface area contributed by atoms with Gasteiger partial charge in [0, 0.05) is 29.0 Å². The van der Waals surface area contributed by atoms with Gasteiger partial charge in [-0.15, -0.1) is 22.5 Å². The quantitative estimate of drug-likeness (QED) is 0.0300. The molecule has 0 amide bonds. The topological polar surface area (TPSA) is 205 Å². The van der Waals surface area contributed by atoms with E-state index in [0.29, 0.717) is 66.6 Å². The number of benzene rings is 2. The van der Waals surface area contributed by atoms with Crippen LogP contribution in [0, 0.1) is 24.0 Å². The Labute approximate surface area is 318 Å². The van der Waals surface area contributed by atoms with Crippen molar-refractivity contribution < 1.29 is 35.5 Å². The molecule has 0 fully saturated rings. The Balaban J connectivity index is 0.000000211. The average molecular weight is 788 g/mol. The van der Waals surface area contributed by atoms with Gasteiger partial charge in [-0.2, -0.15) is 0 Å². The number of terminal acetylenes is 1. The fourth-order valence-corrected chi connectivity index (χ4v) is 6.04. The molecule has 0 saturated carbocycles. The van der Waals surface area contributed by atoms with Gasteiger partial charge >= 0.3 is 10.4 Å². The first-order valence-corrected chi connectivity index (χ1v) is 19.0. The largest absolute Gasteiger partial charge is 0.492 e. The van der Waals surface area contributed by atoms with Crippen LogP contribution in [-0.2, 0) is 33.1 Å². The van der Waals surface area contributed by atoms with E-state index in [1.54, 1.807) is 30.5 Å². The summed E-state index contributed by atoms with van der Waals surface area (Å²) < 4.78 is 72.6. The number of unbranched alkanes of at least 4 members (excludes halogenated alkanes) is 1. The number of nitrogens with zero attached hydrogens (tertiary/aromatic N) is 9. The minimum atomic E-state index is -1.57. The molecule has 0 aliphatic heterocycles. The van der Waals surface area contributed by atoms with E-state index in [2.05, 4.69) is 46.3 Å². The van der Waals surface area contributed by atoms with Gasteiger partial charge in [0.1, 0.15) is 44.7 Å². The maximum atomic E-state index is 13.0. The molecule has 0 saturated heterocycles. The van der Waals surface area contributed by atoms with Crippen LogP contribution >= 0.6 is 0 Å². The van der Waals surface area contributed by atoms with Crippen molar-refractivity contribution in [2.45, 2.75) is 41.2 Å². The van der Waals surface area contributed by atoms with Crippen molar-refractivity contribution in [2.24, 2.45) is 5.11 Å². The van der Waals surface area contributed by atoms with Crippen molar-refractivity contribution in [3.8, 4) is 46.8 Å². The highest BCUT2D eigenvalue weighted by Gasteiger charge is 2.17. The normalized spacial score (nSPS) is 11.7. The first-order chi connectivity index (χ1) is 26.8. The molecule has 15 nitrogen and oxygen atoms in total. The summed E-state index contributed by atoms with van der Waals surface area (Å²) >= 11 is 0. The molecule has 0 spiro atoms. The molecule has 4 aromatic heterocycles. The van der Waals surface area contributed by atoms with Gasteiger partial charge in [0.05, 0.1) is 48.5 Å². The van der Waals surface area contributed by atoms with Crippen LogP contribution in [0.5, 0.6) is 11.5 Å². The van der Waals surface area contributed by atoms with Gasteiger partial charge < -0.3 is 18.3 Å². The summed E-state index contributed by atoms with van der Waals surface area (Å²) in [7, 11) is -3.12. The van der Waals surface area contributed by atoms with E-state index in [0.717, 1.165) is 6.42 Å². The zero-order valence-corrected chi connectivity index (χ0v) is 30.5. The van der Waals surface area contributed by atoms with E-state index in [-0.39, 0.29) is 45.4 Å². The minimum Gasteiger partial charge on any atom is -0.492 e. The molecule has 282 valence electrons. The standard InChI is InChI=1S/C19H16FN3O3S.C17H15FN6O3S/c1-2-3-4-11-25-17-10-9-16(21-12-17)13-27(24)19-23-22-18(26-19)14-5-7-15(20)8-6-14;18-13-4-2-12(3-5-13)16-22-23-17(27-16)28(25)11-14-6-7-15(10-20-14)26-9-1-8-21-24-19/h1,5-10,12H,3-4,11,13H2;2-7,10H,1,8-9,11H2. The predicted octanol–water partition coefficient (Wildman–Crippen LogP) is 7.03. The Morgan fingerprint density at radius 3 is 1.60 bits per heavy atom. The molecule has 0 N–H and O–H groups in total. The van der Waals surface area contributed by atoms with Crippen molar-refractivity contribution in [1.82, 2.24) is 30.4 Å². The summed E-state index contributed by atoms with van der Waals surface area (Å²) in [5, 5.41) is 18.7. The molecule has 0 aliphatic carbocycles. The van der Waals surface area contributed by atoms with Crippen LogP contribution in [0.4, 0.5) is 8.78 Å². The second kappa shape index (κ2) is 20.8. The number of hydrogen-bond acceptors (Lipinski definition) is 13. The summed E-state index contributed by atoms with van der Waals surface area (Å²) in [6.45, 7) is 1.29. The number of hydrogen-bond donors (Lipinski definition) is 0. The molecule has 0 radical (unpaired) electrons. The van der Waals surface area contributed by atoms with Crippen LogP contribution < -0.4 is 9.47 Å². The second-order valence-corrected chi connectivity index (χ2v) is 13.7. The molecule has 19 heteroatoms. The van der Waals surface area contributed by atoms with Gasteiger partial charge in [-0.25, -0.2) is 17.2 Å². The SMILES string of the molecule is C#CCCCOc1ccc(CS(=O)c2nnc(-c3ccc(F)cc3)o2)nc1.[N-]=[N+]=NCCCOc1ccc(CS(=O)c2nnc(-c3ccc(F)cc3)o2)nc1. The summed E-state index contributed by atoms with van der Waals surface area (Å²) in [5.74, 6) is 3.57. The number of aromatic nitrogens is 6. The zero-order chi connectivity index (χ0) is 38.8. The number of azide groups is 1. The highest BCUT2D eigenvalue weighted by molar-refractivity contribution is 7.84. The molecular formula is C36H31F2N9O6S2. The fraction of sp³-hybridized carbons (Fsp3) is 0.222. The summed E-state index contributed by atoms with van der Waals surface area (Å²) in [4.78, 5) is 11.1. The van der Waals surface area contributed by atoms with Crippen LogP contribution in [-0.4, -0.2) is 58.5 Å². The molecule has 0 aliphatic rings. The van der Waals surface area contributed by atoms with Crippen LogP contribution in [0.25, 0.3) is 33.4 Å². The third kappa shape index (κ3) is 12.6. The first-order valence-electron chi connectivity index (χ1n) is 16.4.